The minimum atomic E-state index is -0.260. The predicted molar refractivity (Wildman–Crippen MR) is 190 cm³/mol. The van der Waals surface area contributed by atoms with Crippen molar-refractivity contribution in [1.82, 2.24) is 4.90 Å². The molecule has 2 heterocycles. The quantitative estimate of drug-likeness (QED) is 0.141. The maximum absolute atomic E-state index is 9.91. The Balaban J connectivity index is 1.45. The molecule has 5 nitrogen and oxygen atoms in total. The fourth-order valence-electron chi connectivity index (χ4n) is 7.93. The highest BCUT2D eigenvalue weighted by Crippen LogP contribution is 2.44. The Hall–Kier alpha value is -1.30. The summed E-state index contributed by atoms with van der Waals surface area (Å²) in [6.07, 6.45) is 21.2. The van der Waals surface area contributed by atoms with Gasteiger partial charge in [-0.2, -0.15) is 0 Å². The molecule has 0 aromatic heterocycles. The predicted octanol–water partition coefficient (Wildman–Crippen LogP) is 9.65. The van der Waals surface area contributed by atoms with Crippen molar-refractivity contribution in [1.29, 1.82) is 0 Å². The molecule has 2 N–H and O–H groups in total. The van der Waals surface area contributed by atoms with Crippen molar-refractivity contribution in [2.24, 2.45) is 11.8 Å². The number of aliphatic hydroxyl groups excluding tert-OH is 2. The van der Waals surface area contributed by atoms with Crippen LogP contribution in [0.1, 0.15) is 159 Å². The molecule has 0 saturated carbocycles. The second kappa shape index (κ2) is 19.5. The van der Waals surface area contributed by atoms with E-state index < -0.39 is 0 Å². The smallest absolute Gasteiger partial charge is 0.127 e. The highest BCUT2D eigenvalue weighted by molar-refractivity contribution is 5.58. The minimum Gasteiger partial charge on any atom is -0.493 e. The third-order valence-electron chi connectivity index (χ3n) is 11.2. The summed E-state index contributed by atoms with van der Waals surface area (Å²) in [5.74, 6) is 3.89. The molecule has 2 aliphatic rings. The van der Waals surface area contributed by atoms with Gasteiger partial charge in [0.1, 0.15) is 17.1 Å². The van der Waals surface area contributed by atoms with Gasteiger partial charge in [0.15, 0.2) is 0 Å². The lowest BCUT2D eigenvalue weighted by molar-refractivity contribution is 0.0162. The van der Waals surface area contributed by atoms with Crippen LogP contribution in [-0.4, -0.2) is 59.2 Å². The van der Waals surface area contributed by atoms with E-state index in [-0.39, 0.29) is 24.4 Å². The third-order valence-corrected chi connectivity index (χ3v) is 11.2. The van der Waals surface area contributed by atoms with Gasteiger partial charge in [-0.05, 0) is 127 Å². The number of unbranched alkanes of at least 4 members (excludes halogenated alkanes) is 4. The average molecular weight is 630 g/mol. The molecule has 1 saturated heterocycles. The van der Waals surface area contributed by atoms with Gasteiger partial charge in [-0.1, -0.05) is 72.1 Å². The molecular weight excluding hydrogens is 558 g/mol. The monoisotopic (exact) mass is 630 g/mol. The summed E-state index contributed by atoms with van der Waals surface area (Å²) in [5, 5.41) is 19.6. The summed E-state index contributed by atoms with van der Waals surface area (Å²) < 4.78 is 13.5. The number of piperidine rings is 1. The van der Waals surface area contributed by atoms with Gasteiger partial charge in [0.25, 0.3) is 0 Å². The molecule has 5 heteroatoms. The molecule has 1 fully saturated rings. The van der Waals surface area contributed by atoms with Crippen LogP contribution < -0.4 is 9.47 Å². The van der Waals surface area contributed by atoms with Gasteiger partial charge in [0.2, 0.25) is 0 Å². The van der Waals surface area contributed by atoms with Crippen LogP contribution in [0.3, 0.4) is 0 Å². The lowest BCUT2D eigenvalue weighted by Crippen LogP contribution is -2.46. The molecule has 1 aromatic carbocycles. The molecule has 0 aliphatic carbocycles. The van der Waals surface area contributed by atoms with Crippen LogP contribution >= 0.6 is 0 Å². The summed E-state index contributed by atoms with van der Waals surface area (Å²) in [4.78, 5) is 2.35. The minimum absolute atomic E-state index is 0.0910. The van der Waals surface area contributed by atoms with Crippen LogP contribution in [-0.2, 0) is 6.42 Å². The van der Waals surface area contributed by atoms with Crippen molar-refractivity contribution in [3.63, 3.8) is 0 Å². The van der Waals surface area contributed by atoms with Crippen molar-refractivity contribution in [3.05, 3.63) is 22.3 Å². The Morgan fingerprint density at radius 3 is 2.33 bits per heavy atom. The molecule has 3 rings (SSSR count). The van der Waals surface area contributed by atoms with E-state index in [0.717, 1.165) is 88.0 Å². The van der Waals surface area contributed by atoms with Gasteiger partial charge in [-0.15, -0.1) is 0 Å². The van der Waals surface area contributed by atoms with Gasteiger partial charge in [0, 0.05) is 18.2 Å². The zero-order valence-corrected chi connectivity index (χ0v) is 30.5. The molecule has 45 heavy (non-hydrogen) atoms. The molecule has 0 bridgehead atoms. The van der Waals surface area contributed by atoms with Crippen molar-refractivity contribution in [3.8, 4) is 11.5 Å². The Bertz CT molecular complexity index is 995. The number of hydrogen-bond donors (Lipinski definition) is 2. The van der Waals surface area contributed by atoms with Crippen molar-refractivity contribution >= 4 is 0 Å². The van der Waals surface area contributed by atoms with Crippen LogP contribution in [0.5, 0.6) is 11.5 Å². The number of rotatable bonds is 20. The number of likely N-dealkylation sites (tertiary alicyclic amines) is 1. The lowest BCUT2D eigenvalue weighted by atomic mass is 9.88. The van der Waals surface area contributed by atoms with E-state index in [4.69, 9.17) is 9.47 Å². The third kappa shape index (κ3) is 12.0. The van der Waals surface area contributed by atoms with E-state index in [1.807, 2.05) is 0 Å². The molecule has 0 spiro atoms. The van der Waals surface area contributed by atoms with E-state index in [9.17, 15) is 10.2 Å². The van der Waals surface area contributed by atoms with Gasteiger partial charge >= 0.3 is 0 Å². The molecule has 1 aromatic rings. The van der Waals surface area contributed by atoms with Gasteiger partial charge in [-0.3, -0.25) is 4.90 Å². The fourth-order valence-corrected chi connectivity index (χ4v) is 7.93. The van der Waals surface area contributed by atoms with Crippen LogP contribution in [0.15, 0.2) is 0 Å². The maximum Gasteiger partial charge on any atom is 0.127 e. The van der Waals surface area contributed by atoms with Crippen LogP contribution in [0, 0.1) is 32.6 Å². The number of benzene rings is 1. The molecule has 0 radical (unpaired) electrons. The SMILES string of the molecule is CCCCCC(C)CCCC(C)CCCC1(C)CCCc2c(C)c(OCCCCCN3CCC(O)CC3CO)c(C)c(C)c2O1. The molecule has 5 atom stereocenters. The van der Waals surface area contributed by atoms with E-state index in [2.05, 4.69) is 53.4 Å². The van der Waals surface area contributed by atoms with E-state index in [0.29, 0.717) is 6.42 Å². The zero-order valence-electron chi connectivity index (χ0n) is 30.5. The maximum atomic E-state index is 9.91. The van der Waals surface area contributed by atoms with E-state index >= 15 is 0 Å². The highest BCUT2D eigenvalue weighted by atomic mass is 16.5. The number of aliphatic hydroxyl groups is 2. The van der Waals surface area contributed by atoms with Crippen molar-refractivity contribution in [2.75, 3.05) is 26.3 Å². The zero-order chi connectivity index (χ0) is 32.8. The number of hydrogen-bond acceptors (Lipinski definition) is 5. The fraction of sp³-hybridized carbons (Fsp3) is 0.850. The summed E-state index contributed by atoms with van der Waals surface area (Å²) >= 11 is 0. The van der Waals surface area contributed by atoms with E-state index in [1.54, 1.807) is 0 Å². The average Bonchev–Trinajstić information content (AvgIpc) is 3.19. The van der Waals surface area contributed by atoms with Crippen LogP contribution in [0.4, 0.5) is 0 Å². The molecule has 260 valence electrons. The molecule has 0 amide bonds. The first-order valence-corrected chi connectivity index (χ1v) is 19.1. The Labute approximate surface area is 277 Å². The van der Waals surface area contributed by atoms with Gasteiger partial charge in [-0.25, -0.2) is 0 Å². The first kappa shape index (κ1) is 38.2. The summed E-state index contributed by atoms with van der Waals surface area (Å²) in [5.41, 5.74) is 5.02. The van der Waals surface area contributed by atoms with Crippen LogP contribution in [0.2, 0.25) is 0 Å². The molecule has 5 unspecified atom stereocenters. The normalized spacial score (nSPS) is 23.7. The lowest BCUT2D eigenvalue weighted by Gasteiger charge is -2.36. The molecular formula is C40H71NO4. The molecule has 2 aliphatic heterocycles. The second-order valence-electron chi connectivity index (χ2n) is 15.4. The second-order valence-corrected chi connectivity index (χ2v) is 15.4. The number of ether oxygens (including phenoxy) is 2. The standard InChI is InChI=1S/C40H71NO4/c1-8-9-11-17-30(2)18-14-19-31(3)20-15-23-40(7)24-16-21-37-34(6)38(32(4)33(5)39(37)45-40)44-27-13-10-12-25-41-26-22-36(43)28-35(41)29-42/h30-31,35-36,42-43H,8-29H2,1-7H3. The number of fused-ring (bicyclic) bond motifs is 1. The largest absolute Gasteiger partial charge is 0.493 e. The first-order chi connectivity index (χ1) is 21.6. The number of nitrogens with zero attached hydrogens (tertiary/aromatic N) is 1. The van der Waals surface area contributed by atoms with Crippen molar-refractivity contribution in [2.45, 2.75) is 182 Å². The topological polar surface area (TPSA) is 62.2 Å². The summed E-state index contributed by atoms with van der Waals surface area (Å²) in [7, 11) is 0. The van der Waals surface area contributed by atoms with Gasteiger partial charge in [0.05, 0.1) is 19.3 Å². The summed E-state index contributed by atoms with van der Waals surface area (Å²) in [6, 6.07) is 0.106. The Morgan fingerprint density at radius 1 is 0.911 bits per heavy atom. The first-order valence-electron chi connectivity index (χ1n) is 19.1. The highest BCUT2D eigenvalue weighted by Gasteiger charge is 2.32. The Kier molecular flexibility index (Phi) is 16.5. The van der Waals surface area contributed by atoms with Crippen LogP contribution in [0.25, 0.3) is 0 Å². The van der Waals surface area contributed by atoms with Gasteiger partial charge < -0.3 is 19.7 Å². The Morgan fingerprint density at radius 2 is 1.62 bits per heavy atom. The van der Waals surface area contributed by atoms with E-state index in [1.165, 1.54) is 86.5 Å². The summed E-state index contributed by atoms with van der Waals surface area (Å²) in [6.45, 7) is 19.0. The van der Waals surface area contributed by atoms with Crippen molar-refractivity contribution < 1.29 is 19.7 Å².